The minimum absolute atomic E-state index is 0.0557. The maximum Gasteiger partial charge on any atom is 0.251 e. The molecule has 0 aromatic heterocycles. The van der Waals surface area contributed by atoms with Crippen molar-refractivity contribution >= 4 is 29.1 Å². The number of thiocarbonyl (C=S) groups is 1. The molecule has 2 rings (SSSR count). The highest BCUT2D eigenvalue weighted by molar-refractivity contribution is 7.80. The first-order valence-corrected chi connectivity index (χ1v) is 6.86. The summed E-state index contributed by atoms with van der Waals surface area (Å²) in [5.41, 5.74) is 1.65. The van der Waals surface area contributed by atoms with Crippen LogP contribution in [0, 0.1) is 6.92 Å². The lowest BCUT2D eigenvalue weighted by atomic mass is 10.1. The SMILES string of the molecule is Cc1cccc(C(=O)NCCN2C(=O)C(C)NC2=S)c1. The van der Waals surface area contributed by atoms with Crippen molar-refractivity contribution in [1.82, 2.24) is 15.5 Å². The Balaban J connectivity index is 1.86. The summed E-state index contributed by atoms with van der Waals surface area (Å²) in [6.45, 7) is 4.45. The van der Waals surface area contributed by atoms with Gasteiger partial charge in [0.05, 0.1) is 0 Å². The smallest absolute Gasteiger partial charge is 0.251 e. The number of carbonyl (C=O) groups excluding carboxylic acids is 2. The predicted octanol–water partition coefficient (Wildman–Crippen LogP) is 0.830. The highest BCUT2D eigenvalue weighted by Gasteiger charge is 2.31. The third-order valence-corrected chi connectivity index (χ3v) is 3.46. The van der Waals surface area contributed by atoms with E-state index in [1.807, 2.05) is 25.1 Å². The molecular weight excluding hydrogens is 274 g/mol. The Morgan fingerprint density at radius 3 is 2.85 bits per heavy atom. The van der Waals surface area contributed by atoms with E-state index in [9.17, 15) is 9.59 Å². The number of carbonyl (C=O) groups is 2. The molecule has 1 saturated heterocycles. The van der Waals surface area contributed by atoms with Crippen molar-refractivity contribution in [3.63, 3.8) is 0 Å². The molecule has 106 valence electrons. The largest absolute Gasteiger partial charge is 0.351 e. The van der Waals surface area contributed by atoms with Crippen LogP contribution in [0.5, 0.6) is 0 Å². The Labute approximate surface area is 123 Å². The van der Waals surface area contributed by atoms with Gasteiger partial charge in [-0.1, -0.05) is 17.7 Å². The highest BCUT2D eigenvalue weighted by Crippen LogP contribution is 2.06. The number of nitrogens with zero attached hydrogens (tertiary/aromatic N) is 1. The van der Waals surface area contributed by atoms with Crippen molar-refractivity contribution in [3.05, 3.63) is 35.4 Å². The first kappa shape index (κ1) is 14.5. The molecule has 1 aliphatic rings. The quantitative estimate of drug-likeness (QED) is 0.807. The van der Waals surface area contributed by atoms with Crippen LogP contribution in [0.3, 0.4) is 0 Å². The molecule has 0 saturated carbocycles. The van der Waals surface area contributed by atoms with Crippen LogP contribution >= 0.6 is 12.2 Å². The van der Waals surface area contributed by atoms with Gasteiger partial charge < -0.3 is 10.6 Å². The van der Waals surface area contributed by atoms with Crippen molar-refractivity contribution in [1.29, 1.82) is 0 Å². The maximum atomic E-state index is 11.9. The van der Waals surface area contributed by atoms with Crippen LogP contribution in [0.2, 0.25) is 0 Å². The van der Waals surface area contributed by atoms with Gasteiger partial charge in [0.2, 0.25) is 0 Å². The van der Waals surface area contributed by atoms with E-state index in [2.05, 4.69) is 10.6 Å². The van der Waals surface area contributed by atoms with Crippen LogP contribution < -0.4 is 10.6 Å². The van der Waals surface area contributed by atoms with Crippen molar-refractivity contribution < 1.29 is 9.59 Å². The van der Waals surface area contributed by atoms with Gasteiger partial charge >= 0.3 is 0 Å². The summed E-state index contributed by atoms with van der Waals surface area (Å²) < 4.78 is 0. The molecule has 0 radical (unpaired) electrons. The number of hydrogen-bond acceptors (Lipinski definition) is 3. The molecule has 1 unspecified atom stereocenters. The van der Waals surface area contributed by atoms with Gasteiger partial charge in [-0.3, -0.25) is 14.5 Å². The molecule has 1 aliphatic heterocycles. The van der Waals surface area contributed by atoms with E-state index in [-0.39, 0.29) is 17.9 Å². The fraction of sp³-hybridized carbons (Fsp3) is 0.357. The van der Waals surface area contributed by atoms with Gasteiger partial charge in [0.15, 0.2) is 5.11 Å². The molecule has 1 fully saturated rings. The van der Waals surface area contributed by atoms with Crippen molar-refractivity contribution in [2.24, 2.45) is 0 Å². The maximum absolute atomic E-state index is 11.9. The Kier molecular flexibility index (Phi) is 4.34. The summed E-state index contributed by atoms with van der Waals surface area (Å²) in [4.78, 5) is 25.2. The molecule has 1 aromatic carbocycles. The van der Waals surface area contributed by atoms with E-state index in [0.717, 1.165) is 5.56 Å². The van der Waals surface area contributed by atoms with Gasteiger partial charge in [-0.2, -0.15) is 0 Å². The molecule has 2 amide bonds. The Bertz CT molecular complexity index is 559. The molecule has 5 nitrogen and oxygen atoms in total. The molecule has 0 aliphatic carbocycles. The summed E-state index contributed by atoms with van der Waals surface area (Å²) in [7, 11) is 0. The van der Waals surface area contributed by atoms with Gasteiger partial charge in [0.1, 0.15) is 6.04 Å². The number of aryl methyl sites for hydroxylation is 1. The number of rotatable bonds is 4. The standard InChI is InChI=1S/C14H17N3O2S/c1-9-4-3-5-11(8-9)12(18)15-6-7-17-13(19)10(2)16-14(17)20/h3-5,8,10H,6-7H2,1-2H3,(H,15,18)(H,16,20). The molecule has 1 atom stereocenters. The number of nitrogens with one attached hydrogen (secondary N) is 2. The van der Waals surface area contributed by atoms with E-state index >= 15 is 0 Å². The molecule has 2 N–H and O–H groups in total. The zero-order valence-corrected chi connectivity index (χ0v) is 12.3. The van der Waals surface area contributed by atoms with E-state index in [1.54, 1.807) is 13.0 Å². The predicted molar refractivity (Wildman–Crippen MR) is 80.4 cm³/mol. The van der Waals surface area contributed by atoms with Crippen LogP contribution in [0.1, 0.15) is 22.8 Å². The van der Waals surface area contributed by atoms with Crippen molar-refractivity contribution in [3.8, 4) is 0 Å². The van der Waals surface area contributed by atoms with Gasteiger partial charge in [0, 0.05) is 18.7 Å². The Hall–Kier alpha value is -1.95. The topological polar surface area (TPSA) is 61.4 Å². The molecule has 20 heavy (non-hydrogen) atoms. The number of hydrogen-bond donors (Lipinski definition) is 2. The van der Waals surface area contributed by atoms with E-state index in [1.165, 1.54) is 4.90 Å². The second-order valence-corrected chi connectivity index (χ2v) is 5.17. The highest BCUT2D eigenvalue weighted by atomic mass is 32.1. The van der Waals surface area contributed by atoms with E-state index in [0.29, 0.717) is 23.8 Å². The zero-order valence-electron chi connectivity index (χ0n) is 11.5. The van der Waals surface area contributed by atoms with Crippen LogP contribution in [0.25, 0.3) is 0 Å². The first-order valence-electron chi connectivity index (χ1n) is 6.46. The summed E-state index contributed by atoms with van der Waals surface area (Å²) in [5, 5.41) is 6.10. The first-order chi connectivity index (χ1) is 9.49. The number of amides is 2. The minimum Gasteiger partial charge on any atom is -0.351 e. The van der Waals surface area contributed by atoms with Crippen LogP contribution in [0.4, 0.5) is 0 Å². The third-order valence-electron chi connectivity index (χ3n) is 3.12. The summed E-state index contributed by atoms with van der Waals surface area (Å²) in [5.74, 6) is -0.202. The average Bonchev–Trinajstić information content (AvgIpc) is 2.65. The van der Waals surface area contributed by atoms with E-state index in [4.69, 9.17) is 12.2 Å². The average molecular weight is 291 g/mol. The van der Waals surface area contributed by atoms with Gasteiger partial charge in [-0.05, 0) is 38.2 Å². The van der Waals surface area contributed by atoms with Crippen LogP contribution in [0.15, 0.2) is 24.3 Å². The molecule has 1 aromatic rings. The molecular formula is C14H17N3O2S. The number of benzene rings is 1. The summed E-state index contributed by atoms with van der Waals surface area (Å²) in [6, 6.07) is 7.08. The minimum atomic E-state index is -0.282. The lowest BCUT2D eigenvalue weighted by molar-refractivity contribution is -0.126. The van der Waals surface area contributed by atoms with Crippen LogP contribution in [-0.4, -0.2) is 41.0 Å². The normalized spacial score (nSPS) is 18.1. The molecule has 0 spiro atoms. The lowest BCUT2D eigenvalue weighted by Crippen LogP contribution is -2.38. The molecule has 6 heteroatoms. The fourth-order valence-corrected chi connectivity index (χ4v) is 2.40. The van der Waals surface area contributed by atoms with Gasteiger partial charge in [-0.25, -0.2) is 0 Å². The second kappa shape index (κ2) is 6.00. The Morgan fingerprint density at radius 2 is 2.25 bits per heavy atom. The molecule has 0 bridgehead atoms. The van der Waals surface area contributed by atoms with E-state index < -0.39 is 0 Å². The van der Waals surface area contributed by atoms with Crippen LogP contribution in [-0.2, 0) is 4.79 Å². The lowest BCUT2D eigenvalue weighted by Gasteiger charge is -2.15. The second-order valence-electron chi connectivity index (χ2n) is 4.79. The monoisotopic (exact) mass is 291 g/mol. The summed E-state index contributed by atoms with van der Waals surface area (Å²) in [6.07, 6.45) is 0. The molecule has 1 heterocycles. The zero-order chi connectivity index (χ0) is 14.7. The third kappa shape index (κ3) is 3.14. The summed E-state index contributed by atoms with van der Waals surface area (Å²) >= 11 is 5.07. The van der Waals surface area contributed by atoms with Crippen molar-refractivity contribution in [2.45, 2.75) is 19.9 Å². The van der Waals surface area contributed by atoms with Crippen molar-refractivity contribution in [2.75, 3.05) is 13.1 Å². The fourth-order valence-electron chi connectivity index (χ4n) is 2.04. The van der Waals surface area contributed by atoms with Gasteiger partial charge in [0.25, 0.3) is 11.8 Å². The Morgan fingerprint density at radius 1 is 1.50 bits per heavy atom. The van der Waals surface area contributed by atoms with Gasteiger partial charge in [-0.15, -0.1) is 0 Å².